The zero-order valence-electron chi connectivity index (χ0n) is 12.0. The van der Waals surface area contributed by atoms with Crippen molar-refractivity contribution in [3.63, 3.8) is 0 Å². The first-order valence-electron chi connectivity index (χ1n) is 6.79. The first kappa shape index (κ1) is 15.9. The van der Waals surface area contributed by atoms with E-state index in [4.69, 9.17) is 10.2 Å². The van der Waals surface area contributed by atoms with Crippen LogP contribution in [0.15, 0.2) is 10.5 Å². The summed E-state index contributed by atoms with van der Waals surface area (Å²) in [7, 11) is -3.06. The van der Waals surface area contributed by atoms with E-state index in [9.17, 15) is 8.42 Å². The van der Waals surface area contributed by atoms with Gasteiger partial charge in [0.05, 0.1) is 13.1 Å². The minimum atomic E-state index is -3.06. The quantitative estimate of drug-likeness (QED) is 0.883. The molecule has 114 valence electrons. The summed E-state index contributed by atoms with van der Waals surface area (Å²) in [6.07, 6.45) is 0. The van der Waals surface area contributed by atoms with Crippen LogP contribution in [0.4, 0.5) is 0 Å². The Morgan fingerprint density at radius 1 is 1.55 bits per heavy atom. The fourth-order valence-corrected chi connectivity index (χ4v) is 5.47. The average Bonchev–Trinajstić information content (AvgIpc) is 2.79. The summed E-state index contributed by atoms with van der Waals surface area (Å²) in [6.45, 7) is 5.34. The molecule has 1 aromatic rings. The van der Waals surface area contributed by atoms with Crippen LogP contribution in [0, 0.1) is 6.92 Å². The van der Waals surface area contributed by atoms with Crippen molar-refractivity contribution in [2.24, 2.45) is 5.73 Å². The second-order valence-electron chi connectivity index (χ2n) is 4.97. The maximum Gasteiger partial charge on any atom is 0.166 e. The largest absolute Gasteiger partial charge is 0.463 e. The summed E-state index contributed by atoms with van der Waals surface area (Å²) < 4.78 is 30.0. The Kier molecular flexibility index (Phi) is 5.17. The Morgan fingerprint density at radius 2 is 2.30 bits per heavy atom. The van der Waals surface area contributed by atoms with E-state index in [1.807, 2.05) is 17.9 Å². The third-order valence-electron chi connectivity index (χ3n) is 3.62. The molecular weight excluding hydrogens is 296 g/mol. The Morgan fingerprint density at radius 3 is 2.90 bits per heavy atom. The fourth-order valence-electron chi connectivity index (χ4n) is 2.39. The number of sulfone groups is 1. The smallest absolute Gasteiger partial charge is 0.166 e. The molecule has 1 fully saturated rings. The summed E-state index contributed by atoms with van der Waals surface area (Å²) in [4.78, 5) is 2.01. The third kappa shape index (κ3) is 3.39. The van der Waals surface area contributed by atoms with Crippen molar-refractivity contribution in [1.82, 2.24) is 4.90 Å². The molecule has 5 nitrogen and oxygen atoms in total. The van der Waals surface area contributed by atoms with Crippen LogP contribution in [0.25, 0.3) is 0 Å². The monoisotopic (exact) mass is 318 g/mol. The lowest BCUT2D eigenvalue weighted by molar-refractivity contribution is 0.238. The molecule has 0 aliphatic carbocycles. The van der Waals surface area contributed by atoms with Crippen molar-refractivity contribution in [2.45, 2.75) is 32.3 Å². The molecule has 7 heteroatoms. The summed E-state index contributed by atoms with van der Waals surface area (Å²) in [5.41, 5.74) is 6.64. The Labute approximate surface area is 124 Å². The van der Waals surface area contributed by atoms with Crippen LogP contribution < -0.4 is 5.73 Å². The van der Waals surface area contributed by atoms with Crippen LogP contribution in [-0.4, -0.2) is 42.5 Å². The van der Waals surface area contributed by atoms with E-state index >= 15 is 0 Å². The fraction of sp³-hybridized carbons (Fsp3) is 0.692. The molecule has 2 N–H and O–H groups in total. The number of rotatable bonds is 5. The van der Waals surface area contributed by atoms with E-state index in [0.717, 1.165) is 29.4 Å². The Hall–Kier alpha value is -0.500. The van der Waals surface area contributed by atoms with Gasteiger partial charge in [0, 0.05) is 23.8 Å². The van der Waals surface area contributed by atoms with Crippen molar-refractivity contribution in [2.75, 3.05) is 23.8 Å². The van der Waals surface area contributed by atoms with Crippen LogP contribution in [0.3, 0.4) is 0 Å². The standard InChI is InChI=1S/C13H22N2O3S2/c1-3-20(16,17)13-9-19-5-4-15(13)8-11-6-10(2)12(7-14)18-11/h6,13H,3-5,7-9,14H2,1-2H3. The number of nitrogens with zero attached hydrogens (tertiary/aromatic N) is 1. The van der Waals surface area contributed by atoms with Gasteiger partial charge in [-0.2, -0.15) is 11.8 Å². The van der Waals surface area contributed by atoms with Crippen molar-refractivity contribution >= 4 is 21.6 Å². The first-order valence-corrected chi connectivity index (χ1v) is 9.66. The minimum absolute atomic E-state index is 0.181. The van der Waals surface area contributed by atoms with E-state index in [1.165, 1.54) is 0 Å². The number of nitrogens with two attached hydrogens (primary N) is 1. The van der Waals surface area contributed by atoms with Crippen LogP contribution in [0.2, 0.25) is 0 Å². The molecule has 0 radical (unpaired) electrons. The predicted octanol–water partition coefficient (Wildman–Crippen LogP) is 1.36. The van der Waals surface area contributed by atoms with Gasteiger partial charge in [-0.15, -0.1) is 0 Å². The van der Waals surface area contributed by atoms with E-state index in [-0.39, 0.29) is 5.75 Å². The van der Waals surface area contributed by atoms with Crippen LogP contribution in [0.5, 0.6) is 0 Å². The molecule has 0 bridgehead atoms. The van der Waals surface area contributed by atoms with Gasteiger partial charge >= 0.3 is 0 Å². The number of aryl methyl sites for hydroxylation is 1. The van der Waals surface area contributed by atoms with E-state index < -0.39 is 15.2 Å². The van der Waals surface area contributed by atoms with Gasteiger partial charge in [-0.25, -0.2) is 8.42 Å². The summed E-state index contributed by atoms with van der Waals surface area (Å²) >= 11 is 1.70. The zero-order valence-corrected chi connectivity index (χ0v) is 13.6. The first-order chi connectivity index (χ1) is 9.47. The molecule has 1 aliphatic heterocycles. The third-order valence-corrected chi connectivity index (χ3v) is 6.96. The second kappa shape index (κ2) is 6.51. The van der Waals surface area contributed by atoms with Gasteiger partial charge in [-0.05, 0) is 18.6 Å². The van der Waals surface area contributed by atoms with Gasteiger partial charge in [-0.1, -0.05) is 6.92 Å². The molecule has 0 saturated carbocycles. The number of hydrogen-bond donors (Lipinski definition) is 1. The van der Waals surface area contributed by atoms with Crippen LogP contribution >= 0.6 is 11.8 Å². The second-order valence-corrected chi connectivity index (χ2v) is 8.57. The maximum atomic E-state index is 12.2. The molecule has 2 rings (SSSR count). The molecule has 1 atom stereocenters. The summed E-state index contributed by atoms with van der Waals surface area (Å²) in [6, 6.07) is 1.96. The van der Waals surface area contributed by atoms with Gasteiger partial charge in [0.2, 0.25) is 0 Å². The molecule has 2 heterocycles. The molecule has 1 aliphatic rings. The molecule has 0 amide bonds. The molecule has 1 saturated heterocycles. The average molecular weight is 318 g/mol. The summed E-state index contributed by atoms with van der Waals surface area (Å²) in [5.74, 6) is 3.35. The SMILES string of the molecule is CCS(=O)(=O)C1CSCCN1Cc1cc(C)c(CN)o1. The Bertz CT molecular complexity index is 554. The lowest BCUT2D eigenvalue weighted by atomic mass is 10.2. The highest BCUT2D eigenvalue weighted by atomic mass is 32.2. The maximum absolute atomic E-state index is 12.2. The zero-order chi connectivity index (χ0) is 14.8. The molecule has 0 aromatic carbocycles. The van der Waals surface area contributed by atoms with Crippen molar-refractivity contribution in [3.05, 3.63) is 23.2 Å². The normalized spacial score (nSPS) is 21.2. The van der Waals surface area contributed by atoms with Crippen molar-refractivity contribution in [3.8, 4) is 0 Å². The minimum Gasteiger partial charge on any atom is -0.463 e. The predicted molar refractivity (Wildman–Crippen MR) is 82.3 cm³/mol. The van der Waals surface area contributed by atoms with Gasteiger partial charge in [0.1, 0.15) is 16.9 Å². The van der Waals surface area contributed by atoms with Crippen molar-refractivity contribution < 1.29 is 12.8 Å². The van der Waals surface area contributed by atoms with Crippen molar-refractivity contribution in [1.29, 1.82) is 0 Å². The highest BCUT2D eigenvalue weighted by Gasteiger charge is 2.33. The van der Waals surface area contributed by atoms with E-state index in [1.54, 1.807) is 18.7 Å². The van der Waals surface area contributed by atoms with Crippen LogP contribution in [-0.2, 0) is 22.9 Å². The van der Waals surface area contributed by atoms with E-state index in [2.05, 4.69) is 0 Å². The lowest BCUT2D eigenvalue weighted by Crippen LogP contribution is -2.47. The highest BCUT2D eigenvalue weighted by Crippen LogP contribution is 2.24. The van der Waals surface area contributed by atoms with Gasteiger partial charge < -0.3 is 10.2 Å². The lowest BCUT2D eigenvalue weighted by Gasteiger charge is -2.33. The van der Waals surface area contributed by atoms with Crippen LogP contribution in [0.1, 0.15) is 24.0 Å². The highest BCUT2D eigenvalue weighted by molar-refractivity contribution is 8.01. The molecule has 1 unspecified atom stereocenters. The van der Waals surface area contributed by atoms with Gasteiger partial charge in [0.25, 0.3) is 0 Å². The summed E-state index contributed by atoms with van der Waals surface area (Å²) in [5, 5.41) is -0.405. The number of thioether (sulfide) groups is 1. The molecule has 1 aromatic heterocycles. The van der Waals surface area contributed by atoms with Gasteiger partial charge in [0.15, 0.2) is 9.84 Å². The molecular formula is C13H22N2O3S2. The van der Waals surface area contributed by atoms with E-state index in [0.29, 0.717) is 18.8 Å². The number of hydrogen-bond acceptors (Lipinski definition) is 6. The molecule has 0 spiro atoms. The Balaban J connectivity index is 2.16. The molecule has 20 heavy (non-hydrogen) atoms. The number of furan rings is 1. The van der Waals surface area contributed by atoms with Gasteiger partial charge in [-0.3, -0.25) is 4.90 Å². The topological polar surface area (TPSA) is 76.5 Å².